The van der Waals surface area contributed by atoms with E-state index in [9.17, 15) is 5.26 Å². The molecular formula is C52H26N4S2. The number of aromatic nitrogens is 2. The van der Waals surface area contributed by atoms with Crippen molar-refractivity contribution in [2.24, 2.45) is 0 Å². The van der Waals surface area contributed by atoms with Crippen LogP contribution in [0.25, 0.3) is 122 Å². The summed E-state index contributed by atoms with van der Waals surface area (Å²) in [6.07, 6.45) is 0. The molecule has 0 radical (unpaired) electrons. The van der Waals surface area contributed by atoms with Crippen molar-refractivity contribution in [3.8, 4) is 17.4 Å². The summed E-state index contributed by atoms with van der Waals surface area (Å²) in [4.78, 5) is 4.12. The lowest BCUT2D eigenvalue weighted by Crippen LogP contribution is -1.97. The fourth-order valence-electron chi connectivity index (χ4n) is 9.70. The number of fused-ring (bicyclic) bond motifs is 17. The van der Waals surface area contributed by atoms with E-state index >= 15 is 0 Å². The first kappa shape index (κ1) is 31.7. The average molecular weight is 771 g/mol. The molecule has 9 aromatic carbocycles. The van der Waals surface area contributed by atoms with E-state index in [1.807, 2.05) is 22.7 Å². The second kappa shape index (κ2) is 11.5. The van der Waals surface area contributed by atoms with Crippen LogP contribution in [0.3, 0.4) is 0 Å². The van der Waals surface area contributed by atoms with E-state index in [4.69, 9.17) is 6.57 Å². The maximum absolute atomic E-state index is 10.9. The largest absolute Gasteiger partial charge is 0.308 e. The molecular weight excluding hydrogens is 745 g/mol. The van der Waals surface area contributed by atoms with Gasteiger partial charge in [0.2, 0.25) is 5.69 Å². The molecule has 4 heterocycles. The van der Waals surface area contributed by atoms with Gasteiger partial charge < -0.3 is 9.13 Å². The SMILES string of the molecule is [C-]#[N+]c1c(C#N)c2cc(-n3c4ccccc4c4ccc5c6ccccc6sc5c43)ccc2c2ccc(-n3c4ccccc4c4ccc5c6ccccc6sc5c43)cc12. The van der Waals surface area contributed by atoms with Crippen LogP contribution in [-0.4, -0.2) is 9.13 Å². The Morgan fingerprint density at radius 3 is 1.38 bits per heavy atom. The molecule has 58 heavy (non-hydrogen) atoms. The van der Waals surface area contributed by atoms with Crippen molar-refractivity contribution in [3.63, 3.8) is 0 Å². The third-order valence-corrected chi connectivity index (χ3v) is 14.5. The van der Waals surface area contributed by atoms with E-state index in [2.05, 4.69) is 178 Å². The average Bonchev–Trinajstić information content (AvgIpc) is 4.03. The Balaban J connectivity index is 1.09. The molecule has 0 spiro atoms. The molecule has 0 saturated carbocycles. The number of hydrogen-bond acceptors (Lipinski definition) is 3. The number of nitrogens with zero attached hydrogens (tertiary/aromatic N) is 4. The van der Waals surface area contributed by atoms with Crippen molar-refractivity contribution in [3.05, 3.63) is 175 Å². The smallest absolute Gasteiger partial charge is 0.212 e. The molecule has 4 aromatic heterocycles. The van der Waals surface area contributed by atoms with Crippen LogP contribution in [0.4, 0.5) is 5.69 Å². The van der Waals surface area contributed by atoms with Crippen molar-refractivity contribution >= 4 is 134 Å². The normalized spacial score (nSPS) is 12.1. The topological polar surface area (TPSA) is 38.0 Å². The van der Waals surface area contributed by atoms with E-state index in [-0.39, 0.29) is 0 Å². The molecule has 6 heteroatoms. The van der Waals surface area contributed by atoms with Crippen LogP contribution >= 0.6 is 22.7 Å². The summed E-state index contributed by atoms with van der Waals surface area (Å²) < 4.78 is 9.70. The Morgan fingerprint density at radius 1 is 0.431 bits per heavy atom. The molecule has 266 valence electrons. The zero-order chi connectivity index (χ0) is 38.2. The molecule has 4 nitrogen and oxygen atoms in total. The first-order chi connectivity index (χ1) is 28.7. The predicted octanol–water partition coefficient (Wildman–Crippen LogP) is 15.3. The van der Waals surface area contributed by atoms with Gasteiger partial charge in [0, 0.05) is 63.9 Å². The molecule has 0 N–H and O–H groups in total. The number of benzene rings is 9. The van der Waals surface area contributed by atoms with Gasteiger partial charge in [0.1, 0.15) is 0 Å². The first-order valence-electron chi connectivity index (χ1n) is 19.2. The lowest BCUT2D eigenvalue weighted by atomic mass is 9.94. The van der Waals surface area contributed by atoms with E-state index in [0.717, 1.165) is 55.0 Å². The van der Waals surface area contributed by atoms with E-state index < -0.39 is 0 Å². The minimum Gasteiger partial charge on any atom is -0.308 e. The molecule has 13 aromatic rings. The van der Waals surface area contributed by atoms with Crippen LogP contribution < -0.4 is 0 Å². The second-order valence-electron chi connectivity index (χ2n) is 15.0. The van der Waals surface area contributed by atoms with E-state index in [1.54, 1.807) is 0 Å². The van der Waals surface area contributed by atoms with E-state index in [1.165, 1.54) is 61.9 Å². The summed E-state index contributed by atoms with van der Waals surface area (Å²) in [6.45, 7) is 8.54. The van der Waals surface area contributed by atoms with Gasteiger partial charge in [0.15, 0.2) is 0 Å². The zero-order valence-corrected chi connectivity index (χ0v) is 32.2. The van der Waals surface area contributed by atoms with Gasteiger partial charge in [-0.15, -0.1) is 22.7 Å². The standard InChI is InChI=1S/C52H26N4S2/c1-54-48-42-27-30(56-45-15-7-3-11-34(45)38-23-25-40-36-13-5-9-17-47(36)58-52(40)50(38)56)19-21-32(42)31-20-18-29(26-41(31)43(48)28-53)55-44-14-6-2-10-33(44)37-22-24-39-35-12-4-8-16-46(35)57-51(39)49(37)55/h2-27H. The zero-order valence-electron chi connectivity index (χ0n) is 30.6. The Kier molecular flexibility index (Phi) is 6.30. The molecule has 0 atom stereocenters. The highest BCUT2D eigenvalue weighted by molar-refractivity contribution is 7.27. The molecule has 0 unspecified atom stereocenters. The predicted molar refractivity (Wildman–Crippen MR) is 247 cm³/mol. The Morgan fingerprint density at radius 2 is 0.862 bits per heavy atom. The summed E-state index contributed by atoms with van der Waals surface area (Å²) in [6, 6.07) is 58.8. The summed E-state index contributed by atoms with van der Waals surface area (Å²) in [5.74, 6) is 0. The monoisotopic (exact) mass is 770 g/mol. The molecule has 0 aliphatic heterocycles. The van der Waals surface area contributed by atoms with Gasteiger partial charge in [-0.2, -0.15) is 5.26 Å². The maximum Gasteiger partial charge on any atom is 0.212 e. The first-order valence-corrected chi connectivity index (χ1v) is 20.8. The number of hydrogen-bond donors (Lipinski definition) is 0. The van der Waals surface area contributed by atoms with Crippen LogP contribution in [0.1, 0.15) is 5.56 Å². The molecule has 0 aliphatic rings. The van der Waals surface area contributed by atoms with Gasteiger partial charge in [-0.25, -0.2) is 4.85 Å². The van der Waals surface area contributed by atoms with Crippen molar-refractivity contribution in [2.45, 2.75) is 0 Å². The fourth-order valence-corrected chi connectivity index (χ4v) is 12.2. The fraction of sp³-hybridized carbons (Fsp3) is 0. The van der Waals surface area contributed by atoms with Gasteiger partial charge in [-0.3, -0.25) is 0 Å². The Hall–Kier alpha value is -7.48. The van der Waals surface area contributed by atoms with E-state index in [0.29, 0.717) is 11.3 Å². The molecule has 0 fully saturated rings. The summed E-state index contributed by atoms with van der Waals surface area (Å²) in [7, 11) is 0. The Bertz CT molecular complexity index is 3800. The number of rotatable bonds is 2. The lowest BCUT2D eigenvalue weighted by molar-refractivity contribution is 1.19. The second-order valence-corrected chi connectivity index (χ2v) is 17.1. The number of nitriles is 1. The van der Waals surface area contributed by atoms with Gasteiger partial charge in [0.05, 0.1) is 49.7 Å². The van der Waals surface area contributed by atoms with Gasteiger partial charge in [0.25, 0.3) is 0 Å². The minimum atomic E-state index is 0.380. The highest BCUT2D eigenvalue weighted by atomic mass is 32.1. The molecule has 0 amide bonds. The number of thiophene rings is 2. The quantitative estimate of drug-likeness (QED) is 0.127. The van der Waals surface area contributed by atoms with Crippen molar-refractivity contribution in [1.82, 2.24) is 9.13 Å². The Labute approximate surface area is 338 Å². The molecule has 13 rings (SSSR count). The van der Waals surface area contributed by atoms with Gasteiger partial charge in [-0.05, 0) is 70.1 Å². The van der Waals surface area contributed by atoms with Gasteiger partial charge in [-0.1, -0.05) is 109 Å². The van der Waals surface area contributed by atoms with Gasteiger partial charge >= 0.3 is 0 Å². The van der Waals surface area contributed by atoms with Crippen LogP contribution in [0, 0.1) is 17.9 Å². The number of para-hydroxylation sites is 2. The van der Waals surface area contributed by atoms with Crippen LogP contribution in [0.5, 0.6) is 0 Å². The molecule has 0 bridgehead atoms. The third kappa shape index (κ3) is 4.05. The molecule has 0 saturated heterocycles. The maximum atomic E-state index is 10.9. The molecule has 0 aliphatic carbocycles. The van der Waals surface area contributed by atoms with Crippen LogP contribution in [-0.2, 0) is 0 Å². The van der Waals surface area contributed by atoms with Crippen molar-refractivity contribution in [1.29, 1.82) is 5.26 Å². The van der Waals surface area contributed by atoms with Crippen LogP contribution in [0.2, 0.25) is 0 Å². The minimum absolute atomic E-state index is 0.380. The summed E-state index contributed by atoms with van der Waals surface area (Å²) in [5, 5.41) is 24.1. The summed E-state index contributed by atoms with van der Waals surface area (Å²) in [5.41, 5.74) is 7.24. The highest BCUT2D eigenvalue weighted by Gasteiger charge is 2.22. The summed E-state index contributed by atoms with van der Waals surface area (Å²) >= 11 is 3.65. The van der Waals surface area contributed by atoms with Crippen molar-refractivity contribution < 1.29 is 0 Å². The van der Waals surface area contributed by atoms with Crippen LogP contribution in [0.15, 0.2) is 158 Å². The third-order valence-electron chi connectivity index (χ3n) is 12.2. The highest BCUT2D eigenvalue weighted by Crippen LogP contribution is 2.47. The lowest BCUT2D eigenvalue weighted by Gasteiger charge is -2.15. The van der Waals surface area contributed by atoms with Crippen molar-refractivity contribution in [2.75, 3.05) is 0 Å².